The average Bonchev–Trinajstić information content (AvgIpc) is 2.31. The molecule has 0 spiro atoms. The molecular formula is C10H16FN5. The van der Waals surface area contributed by atoms with Crippen molar-refractivity contribution in [3.05, 3.63) is 12.0 Å². The molecule has 3 N–H and O–H groups in total. The van der Waals surface area contributed by atoms with Crippen molar-refractivity contribution in [1.82, 2.24) is 9.97 Å². The van der Waals surface area contributed by atoms with Gasteiger partial charge in [0.15, 0.2) is 11.6 Å². The molecule has 0 aliphatic carbocycles. The lowest BCUT2D eigenvalue weighted by Crippen LogP contribution is -2.34. The zero-order valence-electron chi connectivity index (χ0n) is 9.28. The average molecular weight is 225 g/mol. The molecule has 0 atom stereocenters. The lowest BCUT2D eigenvalue weighted by Gasteiger charge is -2.31. The minimum absolute atomic E-state index is 0.245. The second-order valence-electron chi connectivity index (χ2n) is 4.18. The van der Waals surface area contributed by atoms with E-state index in [1.165, 1.54) is 0 Å². The Hall–Kier alpha value is -1.43. The Bertz CT molecular complexity index is 362. The summed E-state index contributed by atoms with van der Waals surface area (Å²) in [5.74, 6) is 6.10. The molecule has 0 unspecified atom stereocenters. The number of hydrogen-bond acceptors (Lipinski definition) is 5. The maximum absolute atomic E-state index is 13.6. The molecule has 1 aliphatic rings. The van der Waals surface area contributed by atoms with Crippen LogP contribution in [0.2, 0.25) is 0 Å². The molecule has 0 aromatic carbocycles. The number of nitrogens with zero attached hydrogens (tertiary/aromatic N) is 3. The van der Waals surface area contributed by atoms with Crippen LogP contribution in [0.1, 0.15) is 19.8 Å². The van der Waals surface area contributed by atoms with E-state index in [4.69, 9.17) is 5.84 Å². The van der Waals surface area contributed by atoms with E-state index in [0.29, 0.717) is 11.7 Å². The highest BCUT2D eigenvalue weighted by atomic mass is 19.1. The SMILES string of the molecule is CC1CCN(c2nc(NN)ncc2F)CC1. The second kappa shape index (κ2) is 4.61. The van der Waals surface area contributed by atoms with Crippen LogP contribution in [0.3, 0.4) is 0 Å². The first-order chi connectivity index (χ1) is 7.70. The van der Waals surface area contributed by atoms with Crippen molar-refractivity contribution in [2.45, 2.75) is 19.8 Å². The molecule has 1 aliphatic heterocycles. The Balaban J connectivity index is 2.19. The van der Waals surface area contributed by atoms with Crippen LogP contribution < -0.4 is 16.2 Å². The van der Waals surface area contributed by atoms with Gasteiger partial charge in [0.05, 0.1) is 6.20 Å². The normalized spacial score (nSPS) is 17.6. The molecule has 1 saturated heterocycles. The summed E-state index contributed by atoms with van der Waals surface area (Å²) >= 11 is 0. The van der Waals surface area contributed by atoms with E-state index in [1.54, 1.807) is 0 Å². The van der Waals surface area contributed by atoms with Gasteiger partial charge in [-0.1, -0.05) is 6.92 Å². The van der Waals surface area contributed by atoms with E-state index in [0.717, 1.165) is 32.1 Å². The summed E-state index contributed by atoms with van der Waals surface area (Å²) in [5.41, 5.74) is 2.33. The molecule has 16 heavy (non-hydrogen) atoms. The van der Waals surface area contributed by atoms with Crippen LogP contribution in [0.15, 0.2) is 6.20 Å². The quantitative estimate of drug-likeness (QED) is 0.583. The van der Waals surface area contributed by atoms with Crippen LogP contribution in [-0.4, -0.2) is 23.1 Å². The number of anilines is 2. The summed E-state index contributed by atoms with van der Waals surface area (Å²) < 4.78 is 13.6. The van der Waals surface area contributed by atoms with E-state index in [9.17, 15) is 4.39 Å². The minimum Gasteiger partial charge on any atom is -0.354 e. The number of nitrogen functional groups attached to an aromatic ring is 1. The van der Waals surface area contributed by atoms with E-state index in [1.807, 2.05) is 4.90 Å². The predicted octanol–water partition coefficient (Wildman–Crippen LogP) is 1.14. The van der Waals surface area contributed by atoms with Crippen molar-refractivity contribution in [3.8, 4) is 0 Å². The van der Waals surface area contributed by atoms with Gasteiger partial charge in [-0.2, -0.15) is 4.98 Å². The fraction of sp³-hybridized carbons (Fsp3) is 0.600. The molecule has 2 heterocycles. The number of rotatable bonds is 2. The van der Waals surface area contributed by atoms with E-state index in [-0.39, 0.29) is 5.95 Å². The summed E-state index contributed by atoms with van der Waals surface area (Å²) in [7, 11) is 0. The first-order valence-electron chi connectivity index (χ1n) is 5.45. The maximum atomic E-state index is 13.6. The Kier molecular flexibility index (Phi) is 3.19. The third-order valence-electron chi connectivity index (χ3n) is 2.94. The summed E-state index contributed by atoms with van der Waals surface area (Å²) in [6.45, 7) is 3.87. The second-order valence-corrected chi connectivity index (χ2v) is 4.18. The summed E-state index contributed by atoms with van der Waals surface area (Å²) in [5, 5.41) is 0. The topological polar surface area (TPSA) is 67.1 Å². The summed E-state index contributed by atoms with van der Waals surface area (Å²) in [6, 6.07) is 0. The fourth-order valence-electron chi connectivity index (χ4n) is 1.87. The third-order valence-corrected chi connectivity index (χ3v) is 2.94. The highest BCUT2D eigenvalue weighted by molar-refractivity contribution is 5.43. The zero-order valence-corrected chi connectivity index (χ0v) is 9.28. The fourth-order valence-corrected chi connectivity index (χ4v) is 1.87. The van der Waals surface area contributed by atoms with Gasteiger partial charge in [0.1, 0.15) is 0 Å². The minimum atomic E-state index is -0.395. The molecule has 0 saturated carbocycles. The van der Waals surface area contributed by atoms with Crippen LogP contribution >= 0.6 is 0 Å². The van der Waals surface area contributed by atoms with Crippen molar-refractivity contribution >= 4 is 11.8 Å². The van der Waals surface area contributed by atoms with Crippen LogP contribution in [0.4, 0.5) is 16.2 Å². The molecule has 5 nitrogen and oxygen atoms in total. The first-order valence-corrected chi connectivity index (χ1v) is 5.45. The molecule has 0 radical (unpaired) electrons. The van der Waals surface area contributed by atoms with Crippen molar-refractivity contribution in [2.24, 2.45) is 11.8 Å². The predicted molar refractivity (Wildman–Crippen MR) is 60.4 cm³/mol. The molecular weight excluding hydrogens is 209 g/mol. The molecule has 0 amide bonds. The van der Waals surface area contributed by atoms with Crippen molar-refractivity contribution < 1.29 is 4.39 Å². The number of aromatic nitrogens is 2. The molecule has 6 heteroatoms. The van der Waals surface area contributed by atoms with Gasteiger partial charge >= 0.3 is 0 Å². The molecule has 2 rings (SSSR count). The highest BCUT2D eigenvalue weighted by Gasteiger charge is 2.20. The van der Waals surface area contributed by atoms with Crippen molar-refractivity contribution in [2.75, 3.05) is 23.4 Å². The van der Waals surface area contributed by atoms with Gasteiger partial charge in [-0.15, -0.1) is 0 Å². The number of nitrogens with two attached hydrogens (primary N) is 1. The Morgan fingerprint density at radius 3 is 2.81 bits per heavy atom. The molecule has 1 aromatic heterocycles. The molecule has 1 fully saturated rings. The third kappa shape index (κ3) is 2.21. The van der Waals surface area contributed by atoms with Gasteiger partial charge in [-0.05, 0) is 18.8 Å². The number of nitrogens with one attached hydrogen (secondary N) is 1. The van der Waals surface area contributed by atoms with Gasteiger partial charge in [-0.25, -0.2) is 15.2 Å². The van der Waals surface area contributed by atoms with Gasteiger partial charge in [0.2, 0.25) is 5.95 Å². The number of hydrogen-bond donors (Lipinski definition) is 2. The summed E-state index contributed by atoms with van der Waals surface area (Å²) in [4.78, 5) is 9.70. The number of piperidine rings is 1. The lowest BCUT2D eigenvalue weighted by molar-refractivity contribution is 0.432. The number of hydrazine groups is 1. The van der Waals surface area contributed by atoms with E-state index in [2.05, 4.69) is 22.3 Å². The summed E-state index contributed by atoms with van der Waals surface area (Å²) in [6.07, 6.45) is 3.28. The van der Waals surface area contributed by atoms with Gasteiger partial charge in [-0.3, -0.25) is 5.43 Å². The van der Waals surface area contributed by atoms with Gasteiger partial charge < -0.3 is 4.90 Å². The number of halogens is 1. The van der Waals surface area contributed by atoms with Crippen LogP contribution in [0, 0.1) is 11.7 Å². The zero-order chi connectivity index (χ0) is 11.5. The Morgan fingerprint density at radius 2 is 2.19 bits per heavy atom. The van der Waals surface area contributed by atoms with Crippen LogP contribution in [0.5, 0.6) is 0 Å². The highest BCUT2D eigenvalue weighted by Crippen LogP contribution is 2.23. The first kappa shape index (κ1) is 11.1. The maximum Gasteiger partial charge on any atom is 0.239 e. The smallest absolute Gasteiger partial charge is 0.239 e. The largest absolute Gasteiger partial charge is 0.354 e. The van der Waals surface area contributed by atoms with Crippen molar-refractivity contribution in [3.63, 3.8) is 0 Å². The molecule has 0 bridgehead atoms. The lowest BCUT2D eigenvalue weighted by atomic mass is 9.99. The van der Waals surface area contributed by atoms with Crippen LogP contribution in [0.25, 0.3) is 0 Å². The van der Waals surface area contributed by atoms with Crippen LogP contribution in [-0.2, 0) is 0 Å². The van der Waals surface area contributed by atoms with Gasteiger partial charge in [0, 0.05) is 13.1 Å². The Morgan fingerprint density at radius 1 is 1.50 bits per heavy atom. The van der Waals surface area contributed by atoms with Crippen molar-refractivity contribution in [1.29, 1.82) is 0 Å². The monoisotopic (exact) mass is 225 g/mol. The molecule has 88 valence electrons. The van der Waals surface area contributed by atoms with E-state index >= 15 is 0 Å². The Labute approximate surface area is 93.8 Å². The van der Waals surface area contributed by atoms with E-state index < -0.39 is 5.82 Å². The molecule has 1 aromatic rings. The standard InChI is InChI=1S/C10H16FN5/c1-7-2-4-16(5-3-7)9-8(11)6-13-10(14-9)15-12/h6-7H,2-5,12H2,1H3,(H,13,14,15). The van der Waals surface area contributed by atoms with Gasteiger partial charge in [0.25, 0.3) is 0 Å².